The number of hydrogen-bond acceptors (Lipinski definition) is 5. The Kier molecular flexibility index (Phi) is 2.90. The lowest BCUT2D eigenvalue weighted by molar-refractivity contribution is 1.27. The maximum Gasteiger partial charge on any atom is 0.183 e. The molecule has 0 fully saturated rings. The Balaban J connectivity index is 2.14. The molecule has 2 aromatic rings. The molecule has 0 spiro atoms. The fourth-order valence-corrected chi connectivity index (χ4v) is 2.34. The molecule has 0 amide bonds. The highest BCUT2D eigenvalue weighted by Gasteiger charge is 2.05. The van der Waals surface area contributed by atoms with E-state index in [2.05, 4.69) is 21.9 Å². The molecule has 0 aromatic carbocycles. The standard InChI is InChI=1S/C9H9N3S2/c1-2-3-11-9-12-7(6-14-9)8-10-4-5-13-8/h2,4-6H,1,3H2,(H,11,12). The predicted molar refractivity (Wildman–Crippen MR) is 61.9 cm³/mol. The summed E-state index contributed by atoms with van der Waals surface area (Å²) in [5.41, 5.74) is 0.941. The molecule has 0 bridgehead atoms. The molecule has 0 atom stereocenters. The van der Waals surface area contributed by atoms with Crippen LogP contribution in [0, 0.1) is 0 Å². The SMILES string of the molecule is C=CCNc1nc(-c2nccs2)cs1. The topological polar surface area (TPSA) is 37.8 Å². The summed E-state index contributed by atoms with van der Waals surface area (Å²) in [6.07, 6.45) is 3.60. The van der Waals surface area contributed by atoms with E-state index in [0.29, 0.717) is 0 Å². The molecule has 2 aromatic heterocycles. The Morgan fingerprint density at radius 2 is 2.43 bits per heavy atom. The average Bonchev–Trinajstić information content (AvgIpc) is 2.85. The van der Waals surface area contributed by atoms with Crippen LogP contribution in [0.3, 0.4) is 0 Å². The number of anilines is 1. The van der Waals surface area contributed by atoms with Crippen molar-refractivity contribution >= 4 is 27.8 Å². The molecule has 14 heavy (non-hydrogen) atoms. The van der Waals surface area contributed by atoms with Crippen molar-refractivity contribution in [3.05, 3.63) is 29.6 Å². The van der Waals surface area contributed by atoms with Crippen LogP contribution in [0.15, 0.2) is 29.6 Å². The highest BCUT2D eigenvalue weighted by atomic mass is 32.1. The van der Waals surface area contributed by atoms with Crippen LogP contribution in [-0.4, -0.2) is 16.5 Å². The van der Waals surface area contributed by atoms with Gasteiger partial charge in [-0.05, 0) is 0 Å². The van der Waals surface area contributed by atoms with Crippen molar-refractivity contribution < 1.29 is 0 Å². The Bertz CT molecular complexity index is 405. The molecule has 72 valence electrons. The van der Waals surface area contributed by atoms with Crippen molar-refractivity contribution in [3.63, 3.8) is 0 Å². The first-order valence-corrected chi connectivity index (χ1v) is 5.86. The quantitative estimate of drug-likeness (QED) is 0.810. The Hall–Kier alpha value is -1.20. The molecule has 2 rings (SSSR count). The van der Waals surface area contributed by atoms with Gasteiger partial charge in [0.15, 0.2) is 5.13 Å². The summed E-state index contributed by atoms with van der Waals surface area (Å²) in [5, 5.41) is 8.97. The first-order chi connectivity index (χ1) is 6.90. The third-order valence-electron chi connectivity index (χ3n) is 1.55. The molecule has 0 aliphatic heterocycles. The Morgan fingerprint density at radius 3 is 3.14 bits per heavy atom. The number of thiazole rings is 2. The third kappa shape index (κ3) is 2.00. The van der Waals surface area contributed by atoms with Crippen LogP contribution in [0.5, 0.6) is 0 Å². The van der Waals surface area contributed by atoms with Crippen LogP contribution in [0.25, 0.3) is 10.7 Å². The molecule has 0 saturated carbocycles. The molecular weight excluding hydrogens is 214 g/mol. The van der Waals surface area contributed by atoms with Gasteiger partial charge in [-0.1, -0.05) is 6.08 Å². The minimum atomic E-state index is 0.741. The van der Waals surface area contributed by atoms with Crippen molar-refractivity contribution in [2.45, 2.75) is 0 Å². The van der Waals surface area contributed by atoms with Gasteiger partial charge in [-0.15, -0.1) is 29.3 Å². The van der Waals surface area contributed by atoms with Crippen LogP contribution in [-0.2, 0) is 0 Å². The second-order valence-electron chi connectivity index (χ2n) is 2.54. The lowest BCUT2D eigenvalue weighted by atomic mass is 10.5. The number of rotatable bonds is 4. The number of nitrogens with zero attached hydrogens (tertiary/aromatic N) is 2. The fourth-order valence-electron chi connectivity index (χ4n) is 0.963. The van der Waals surface area contributed by atoms with Gasteiger partial charge in [-0.2, -0.15) is 0 Å². The summed E-state index contributed by atoms with van der Waals surface area (Å²) in [6, 6.07) is 0. The monoisotopic (exact) mass is 223 g/mol. The first-order valence-electron chi connectivity index (χ1n) is 4.10. The molecule has 0 aliphatic carbocycles. The highest BCUT2D eigenvalue weighted by molar-refractivity contribution is 7.15. The van der Waals surface area contributed by atoms with E-state index in [4.69, 9.17) is 0 Å². The number of aromatic nitrogens is 2. The van der Waals surface area contributed by atoms with Gasteiger partial charge in [-0.25, -0.2) is 9.97 Å². The van der Waals surface area contributed by atoms with Gasteiger partial charge in [0, 0.05) is 23.5 Å². The fraction of sp³-hybridized carbons (Fsp3) is 0.111. The average molecular weight is 223 g/mol. The van der Waals surface area contributed by atoms with Gasteiger partial charge in [-0.3, -0.25) is 0 Å². The molecule has 0 unspecified atom stereocenters. The van der Waals surface area contributed by atoms with Crippen molar-refractivity contribution in [1.29, 1.82) is 0 Å². The van der Waals surface area contributed by atoms with E-state index in [1.807, 2.05) is 16.8 Å². The number of nitrogens with one attached hydrogen (secondary N) is 1. The summed E-state index contributed by atoms with van der Waals surface area (Å²) >= 11 is 3.18. The number of hydrogen-bond donors (Lipinski definition) is 1. The van der Waals surface area contributed by atoms with Crippen molar-refractivity contribution in [1.82, 2.24) is 9.97 Å². The van der Waals surface area contributed by atoms with E-state index in [0.717, 1.165) is 22.4 Å². The zero-order valence-corrected chi connectivity index (χ0v) is 9.07. The molecule has 0 aliphatic rings. The van der Waals surface area contributed by atoms with E-state index in [1.165, 1.54) is 0 Å². The smallest absolute Gasteiger partial charge is 0.183 e. The van der Waals surface area contributed by atoms with Crippen LogP contribution < -0.4 is 5.32 Å². The predicted octanol–water partition coefficient (Wildman–Crippen LogP) is 2.86. The van der Waals surface area contributed by atoms with Crippen LogP contribution in [0.4, 0.5) is 5.13 Å². The lowest BCUT2D eigenvalue weighted by Crippen LogP contribution is -1.96. The molecule has 3 nitrogen and oxygen atoms in total. The van der Waals surface area contributed by atoms with Crippen LogP contribution in [0.2, 0.25) is 0 Å². The van der Waals surface area contributed by atoms with Gasteiger partial charge >= 0.3 is 0 Å². The zero-order chi connectivity index (χ0) is 9.80. The second-order valence-corrected chi connectivity index (χ2v) is 4.30. The van der Waals surface area contributed by atoms with Crippen LogP contribution >= 0.6 is 22.7 Å². The molecule has 1 N–H and O–H groups in total. The first kappa shape index (κ1) is 9.36. The van der Waals surface area contributed by atoms with Gasteiger partial charge in [0.2, 0.25) is 0 Å². The molecular formula is C9H9N3S2. The van der Waals surface area contributed by atoms with Gasteiger partial charge in [0.25, 0.3) is 0 Å². The zero-order valence-electron chi connectivity index (χ0n) is 7.43. The molecule has 5 heteroatoms. The Labute approximate surface area is 90.2 Å². The summed E-state index contributed by atoms with van der Waals surface area (Å²) in [7, 11) is 0. The summed E-state index contributed by atoms with van der Waals surface area (Å²) in [4.78, 5) is 8.59. The van der Waals surface area contributed by atoms with Crippen molar-refractivity contribution in [2.24, 2.45) is 0 Å². The minimum Gasteiger partial charge on any atom is -0.358 e. The Morgan fingerprint density at radius 1 is 1.50 bits per heavy atom. The second kappa shape index (κ2) is 4.34. The largest absolute Gasteiger partial charge is 0.358 e. The normalized spacial score (nSPS) is 10.0. The van der Waals surface area contributed by atoms with Crippen LogP contribution in [0.1, 0.15) is 0 Å². The molecule has 0 saturated heterocycles. The van der Waals surface area contributed by atoms with E-state index in [-0.39, 0.29) is 0 Å². The van der Waals surface area contributed by atoms with Crippen molar-refractivity contribution in [2.75, 3.05) is 11.9 Å². The van der Waals surface area contributed by atoms with E-state index >= 15 is 0 Å². The van der Waals surface area contributed by atoms with Crippen molar-refractivity contribution in [3.8, 4) is 10.7 Å². The summed E-state index contributed by atoms with van der Waals surface area (Å²) in [5.74, 6) is 0. The molecule has 2 heterocycles. The third-order valence-corrected chi connectivity index (χ3v) is 3.15. The van der Waals surface area contributed by atoms with E-state index in [9.17, 15) is 0 Å². The lowest BCUT2D eigenvalue weighted by Gasteiger charge is -1.94. The molecule has 0 radical (unpaired) electrons. The summed E-state index contributed by atoms with van der Waals surface area (Å²) in [6.45, 7) is 4.38. The van der Waals surface area contributed by atoms with E-state index < -0.39 is 0 Å². The van der Waals surface area contributed by atoms with Gasteiger partial charge < -0.3 is 5.32 Å². The van der Waals surface area contributed by atoms with E-state index in [1.54, 1.807) is 28.9 Å². The maximum absolute atomic E-state index is 4.40. The summed E-state index contributed by atoms with van der Waals surface area (Å²) < 4.78 is 0. The highest BCUT2D eigenvalue weighted by Crippen LogP contribution is 2.25. The van der Waals surface area contributed by atoms with Gasteiger partial charge in [0.05, 0.1) is 0 Å². The maximum atomic E-state index is 4.40. The minimum absolute atomic E-state index is 0.741. The van der Waals surface area contributed by atoms with Gasteiger partial charge in [0.1, 0.15) is 10.7 Å².